The molecule has 0 aliphatic heterocycles. The molecule has 0 saturated carbocycles. The average molecular weight is 588 g/mol. The van der Waals surface area contributed by atoms with Gasteiger partial charge in [0.2, 0.25) is 0 Å². The van der Waals surface area contributed by atoms with E-state index in [0.29, 0.717) is 33.4 Å². The number of anilines is 1. The largest absolute Gasteiger partial charge is 0.382 e. The summed E-state index contributed by atoms with van der Waals surface area (Å²) in [6.07, 6.45) is 3.50. The topological polar surface area (TPSA) is 113 Å². The Morgan fingerprint density at radius 2 is 1.77 bits per heavy atom. The third-order valence-corrected chi connectivity index (χ3v) is 7.66. The number of amides is 1. The van der Waals surface area contributed by atoms with Gasteiger partial charge in [-0.25, -0.2) is 0 Å². The average Bonchev–Trinajstić information content (AvgIpc) is 3.50. The third kappa shape index (κ3) is 6.15. The number of carbonyl (C=O) groups excluding carboxylic acids is 1. The molecule has 1 amide bonds. The van der Waals surface area contributed by atoms with Gasteiger partial charge in [0.25, 0.3) is 11.5 Å². The molecule has 10 heteroatoms. The first-order valence-corrected chi connectivity index (χ1v) is 17.3. The number of benzene rings is 2. The molecule has 0 saturated heterocycles. The number of nitrogens with one attached hydrogen (secondary N) is 1. The van der Waals surface area contributed by atoms with Gasteiger partial charge >= 0.3 is 0 Å². The van der Waals surface area contributed by atoms with Gasteiger partial charge in [0.1, 0.15) is 19.3 Å². The van der Waals surface area contributed by atoms with Crippen molar-refractivity contribution in [3.63, 3.8) is 0 Å². The molecule has 0 bridgehead atoms. The molecule has 5 aromatic rings. The van der Waals surface area contributed by atoms with Crippen LogP contribution in [0.15, 0.2) is 71.8 Å². The van der Waals surface area contributed by atoms with E-state index in [0.717, 1.165) is 5.56 Å². The number of nitrogens with zero attached hydrogens (tertiary/aromatic N) is 5. The maximum atomic E-state index is 14.3. The predicted octanol–water partition coefficient (Wildman–Crippen LogP) is 4.16. The maximum absolute atomic E-state index is 14.3. The number of hydrogen-bond acceptors (Lipinski definition) is 5. The molecule has 5 rings (SSSR count). The van der Waals surface area contributed by atoms with Crippen LogP contribution in [0.3, 0.4) is 0 Å². The van der Waals surface area contributed by atoms with Crippen LogP contribution in [0.2, 0.25) is 19.6 Å². The second-order valence-corrected chi connectivity index (χ2v) is 16.1. The number of aryl methyl sites for hydroxylation is 2. The molecule has 0 fully saturated rings. The second kappa shape index (κ2) is 11.5. The van der Waals surface area contributed by atoms with Gasteiger partial charge in [0.05, 0.1) is 23.2 Å². The third-order valence-electron chi connectivity index (χ3n) is 6.78. The maximum Gasteiger partial charge on any atom is 0.264 e. The molecule has 0 aliphatic carbocycles. The van der Waals surface area contributed by atoms with E-state index in [-0.39, 0.29) is 16.9 Å². The van der Waals surface area contributed by atoms with Gasteiger partial charge in [0, 0.05) is 37.2 Å². The molecule has 0 radical (unpaired) electrons. The molecule has 216 valence electrons. The van der Waals surface area contributed by atoms with Crippen molar-refractivity contribution in [1.82, 2.24) is 29.4 Å². The van der Waals surface area contributed by atoms with E-state index in [9.17, 15) is 9.59 Å². The molecule has 3 N–H and O–H groups in total. The monoisotopic (exact) mass is 587 g/mol. The SMILES string of the molecule is C[C@H](NC(=O)c1c(N)nn(C)c1C#C[Si](C)(C)C)c1cc2cccc(C#Cc3cnn(C)c3)c2c(=O)n1-c1ccccc1. The van der Waals surface area contributed by atoms with E-state index in [4.69, 9.17) is 5.73 Å². The number of pyridine rings is 1. The van der Waals surface area contributed by atoms with Crippen molar-refractivity contribution in [1.29, 1.82) is 0 Å². The molecule has 43 heavy (non-hydrogen) atoms. The van der Waals surface area contributed by atoms with Crippen LogP contribution in [0.5, 0.6) is 0 Å². The van der Waals surface area contributed by atoms with E-state index >= 15 is 0 Å². The van der Waals surface area contributed by atoms with E-state index in [1.807, 2.05) is 74.8 Å². The summed E-state index contributed by atoms with van der Waals surface area (Å²) in [4.78, 5) is 27.9. The van der Waals surface area contributed by atoms with E-state index in [1.165, 1.54) is 4.68 Å². The molecule has 0 aliphatic rings. The number of carbonyl (C=O) groups is 1. The number of nitrogen functional groups attached to an aromatic ring is 1. The minimum absolute atomic E-state index is 0.0999. The Bertz CT molecular complexity index is 2040. The molecular weight excluding hydrogens is 554 g/mol. The second-order valence-electron chi connectivity index (χ2n) is 11.4. The van der Waals surface area contributed by atoms with Crippen LogP contribution >= 0.6 is 0 Å². The highest BCUT2D eigenvalue weighted by Crippen LogP contribution is 2.24. The van der Waals surface area contributed by atoms with Gasteiger partial charge in [-0.3, -0.25) is 23.5 Å². The summed E-state index contributed by atoms with van der Waals surface area (Å²) in [6.45, 7) is 8.21. The van der Waals surface area contributed by atoms with Crippen LogP contribution in [0.1, 0.15) is 45.8 Å². The van der Waals surface area contributed by atoms with Crippen LogP contribution in [0.4, 0.5) is 5.82 Å². The predicted molar refractivity (Wildman–Crippen MR) is 172 cm³/mol. The molecular formula is C33H33N7O2Si. The fraction of sp³-hybridized carbons (Fsp3) is 0.212. The molecule has 3 heterocycles. The van der Waals surface area contributed by atoms with Crippen molar-refractivity contribution in [3.05, 3.63) is 105 Å². The summed E-state index contributed by atoms with van der Waals surface area (Å²) in [5.74, 6) is 9.08. The summed E-state index contributed by atoms with van der Waals surface area (Å²) in [5.41, 5.74) is 12.5. The Kier molecular flexibility index (Phi) is 7.81. The zero-order chi connectivity index (χ0) is 30.9. The first-order valence-electron chi connectivity index (χ1n) is 13.8. The summed E-state index contributed by atoms with van der Waals surface area (Å²) >= 11 is 0. The van der Waals surface area contributed by atoms with Gasteiger partial charge in [-0.15, -0.1) is 5.54 Å². The van der Waals surface area contributed by atoms with Crippen LogP contribution in [0.25, 0.3) is 16.5 Å². The Hall–Kier alpha value is -5.32. The minimum Gasteiger partial charge on any atom is -0.382 e. The van der Waals surface area contributed by atoms with Crippen LogP contribution in [0, 0.1) is 23.3 Å². The van der Waals surface area contributed by atoms with Crippen LogP contribution in [-0.2, 0) is 14.1 Å². The number of para-hydroxylation sites is 1. The highest BCUT2D eigenvalue weighted by molar-refractivity contribution is 6.83. The standard InChI is InChI=1S/C33H33N7O2Si/c1-22(36-32(41)30-27(17-18-43(4,5)6)39(3)37-31(30)34)28-19-25-12-10-11-24(16-15-23-20-35-38(2)21-23)29(25)33(42)40(28)26-13-8-7-9-14-26/h7-14,19-22H,1-6H3,(H2,34,37)(H,36,41)/t22-/m0/s1. The summed E-state index contributed by atoms with van der Waals surface area (Å²) in [5, 5.41) is 12.7. The summed E-state index contributed by atoms with van der Waals surface area (Å²) < 4.78 is 4.84. The number of fused-ring (bicyclic) bond motifs is 1. The first-order chi connectivity index (χ1) is 20.4. The van der Waals surface area contributed by atoms with Gasteiger partial charge < -0.3 is 11.1 Å². The van der Waals surface area contributed by atoms with Crippen molar-refractivity contribution in [2.24, 2.45) is 14.1 Å². The van der Waals surface area contributed by atoms with Gasteiger partial charge in [-0.2, -0.15) is 10.2 Å². The highest BCUT2D eigenvalue weighted by Gasteiger charge is 2.25. The molecule has 1 atom stereocenters. The highest BCUT2D eigenvalue weighted by atomic mass is 28.3. The first kappa shape index (κ1) is 29.2. The quantitative estimate of drug-likeness (QED) is 0.242. The lowest BCUT2D eigenvalue weighted by atomic mass is 10.0. The lowest BCUT2D eigenvalue weighted by molar-refractivity contribution is 0.0939. The smallest absolute Gasteiger partial charge is 0.264 e. The minimum atomic E-state index is -1.73. The fourth-order valence-corrected chi connectivity index (χ4v) is 5.27. The van der Waals surface area contributed by atoms with Gasteiger partial charge in [0.15, 0.2) is 5.82 Å². The van der Waals surface area contributed by atoms with E-state index in [2.05, 4.69) is 58.5 Å². The van der Waals surface area contributed by atoms with Crippen LogP contribution in [-0.4, -0.2) is 38.1 Å². The summed E-state index contributed by atoms with van der Waals surface area (Å²) in [6, 6.07) is 16.3. The number of hydrogen-bond donors (Lipinski definition) is 2. The van der Waals surface area contributed by atoms with Crippen molar-refractivity contribution in [3.8, 4) is 29.0 Å². The fourth-order valence-electron chi connectivity index (χ4n) is 4.77. The van der Waals surface area contributed by atoms with Crippen molar-refractivity contribution in [2.45, 2.75) is 32.6 Å². The zero-order valence-corrected chi connectivity index (χ0v) is 26.1. The van der Waals surface area contributed by atoms with Gasteiger partial charge in [-0.1, -0.05) is 67.7 Å². The Labute approximate surface area is 251 Å². The summed E-state index contributed by atoms with van der Waals surface area (Å²) in [7, 11) is 1.82. The molecule has 2 aromatic carbocycles. The molecule has 3 aromatic heterocycles. The lowest BCUT2D eigenvalue weighted by Gasteiger charge is -2.21. The number of aromatic nitrogens is 5. The van der Waals surface area contributed by atoms with Crippen LogP contribution < -0.4 is 16.6 Å². The van der Waals surface area contributed by atoms with Crippen molar-refractivity contribution >= 4 is 30.6 Å². The van der Waals surface area contributed by atoms with Crippen molar-refractivity contribution < 1.29 is 4.79 Å². The zero-order valence-electron chi connectivity index (χ0n) is 25.1. The lowest BCUT2D eigenvalue weighted by Crippen LogP contribution is -2.32. The van der Waals surface area contributed by atoms with E-state index < -0.39 is 20.0 Å². The number of rotatable bonds is 4. The molecule has 0 spiro atoms. The Balaban J connectivity index is 1.62. The normalized spacial score (nSPS) is 11.8. The molecule has 0 unspecified atom stereocenters. The van der Waals surface area contributed by atoms with Gasteiger partial charge in [-0.05, 0) is 36.6 Å². The van der Waals surface area contributed by atoms with E-state index in [1.54, 1.807) is 22.5 Å². The molecule has 9 nitrogen and oxygen atoms in total. The Morgan fingerprint density at radius 3 is 2.44 bits per heavy atom. The van der Waals surface area contributed by atoms with Crippen molar-refractivity contribution in [2.75, 3.05) is 5.73 Å². The number of nitrogens with two attached hydrogens (primary N) is 1. The Morgan fingerprint density at radius 1 is 1.02 bits per heavy atom.